The second-order valence-electron chi connectivity index (χ2n) is 2.86. The second kappa shape index (κ2) is 4.61. The van der Waals surface area contributed by atoms with E-state index >= 15 is 0 Å². The molecule has 5 nitrogen and oxygen atoms in total. The maximum atomic E-state index is 10.7. The summed E-state index contributed by atoms with van der Waals surface area (Å²) >= 11 is 0. The Kier molecular flexibility index (Phi) is 3.45. The first-order chi connectivity index (χ1) is 6.22. The van der Waals surface area contributed by atoms with E-state index in [-0.39, 0.29) is 18.6 Å². The highest BCUT2D eigenvalue weighted by Crippen LogP contribution is 1.97. The van der Waals surface area contributed by atoms with Gasteiger partial charge < -0.3 is 15.4 Å². The lowest BCUT2D eigenvalue weighted by Crippen LogP contribution is -2.37. The molecule has 1 aromatic heterocycles. The molecule has 1 aromatic rings. The molecule has 0 saturated heterocycles. The molecule has 3 N–H and O–H groups in total. The molecule has 72 valence electrons. The molecule has 1 atom stereocenters. The number of imidazole rings is 1. The summed E-state index contributed by atoms with van der Waals surface area (Å²) in [4.78, 5) is 17.4. The van der Waals surface area contributed by atoms with Gasteiger partial charge in [-0.2, -0.15) is 0 Å². The van der Waals surface area contributed by atoms with Crippen molar-refractivity contribution in [2.24, 2.45) is 0 Å². The number of H-pyrrole nitrogens is 1. The topological polar surface area (TPSA) is 78.0 Å². The molecule has 1 amide bonds. The molecule has 0 bridgehead atoms. The summed E-state index contributed by atoms with van der Waals surface area (Å²) in [6.07, 6.45) is 3.80. The molecule has 1 heterocycles. The second-order valence-corrected chi connectivity index (χ2v) is 2.86. The van der Waals surface area contributed by atoms with Crippen LogP contribution in [0.4, 0.5) is 0 Å². The van der Waals surface area contributed by atoms with Gasteiger partial charge in [-0.15, -0.1) is 0 Å². The van der Waals surface area contributed by atoms with Gasteiger partial charge in [0.2, 0.25) is 5.91 Å². The van der Waals surface area contributed by atoms with Crippen molar-refractivity contribution in [3.05, 3.63) is 18.2 Å². The van der Waals surface area contributed by atoms with Crippen molar-refractivity contribution in [3.8, 4) is 0 Å². The molecular formula is C8H13N3O2. The molecule has 1 rings (SSSR count). The van der Waals surface area contributed by atoms with E-state index < -0.39 is 0 Å². The Balaban J connectivity index is 2.45. The number of carbonyl (C=O) groups excluding carboxylic acids is 1. The van der Waals surface area contributed by atoms with Crippen LogP contribution in [0.3, 0.4) is 0 Å². The number of rotatable bonds is 4. The summed E-state index contributed by atoms with van der Waals surface area (Å²) in [5.74, 6) is -0.140. The predicted molar refractivity (Wildman–Crippen MR) is 47.0 cm³/mol. The third-order valence-electron chi connectivity index (χ3n) is 1.65. The van der Waals surface area contributed by atoms with Crippen LogP contribution < -0.4 is 5.32 Å². The van der Waals surface area contributed by atoms with E-state index in [2.05, 4.69) is 15.3 Å². The highest BCUT2D eigenvalue weighted by atomic mass is 16.3. The molecule has 0 radical (unpaired) electrons. The van der Waals surface area contributed by atoms with Gasteiger partial charge in [-0.25, -0.2) is 4.98 Å². The zero-order chi connectivity index (χ0) is 9.68. The van der Waals surface area contributed by atoms with Crippen LogP contribution in [0, 0.1) is 0 Å². The average Bonchev–Trinajstić information content (AvgIpc) is 2.55. The van der Waals surface area contributed by atoms with Crippen molar-refractivity contribution >= 4 is 5.91 Å². The van der Waals surface area contributed by atoms with Crippen molar-refractivity contribution in [2.45, 2.75) is 19.4 Å². The third-order valence-corrected chi connectivity index (χ3v) is 1.65. The number of aliphatic hydroxyl groups excluding tert-OH is 1. The molecule has 0 spiro atoms. The standard InChI is InChI=1S/C8H13N3O2/c1-6(13)11-8(4-12)2-7-3-9-5-10-7/h3,5,8,12H,2,4H2,1H3,(H,9,10)(H,11,13). The van der Waals surface area contributed by atoms with E-state index in [0.717, 1.165) is 5.69 Å². The number of aliphatic hydroxyl groups is 1. The van der Waals surface area contributed by atoms with E-state index in [1.807, 2.05) is 0 Å². The molecular weight excluding hydrogens is 170 g/mol. The number of carbonyl (C=O) groups is 1. The molecule has 0 aliphatic rings. The minimum absolute atomic E-state index is 0.0708. The van der Waals surface area contributed by atoms with Crippen LogP contribution >= 0.6 is 0 Å². The Morgan fingerprint density at radius 1 is 1.85 bits per heavy atom. The Labute approximate surface area is 76.2 Å². The summed E-state index contributed by atoms with van der Waals surface area (Å²) < 4.78 is 0. The summed E-state index contributed by atoms with van der Waals surface area (Å²) in [6.45, 7) is 1.36. The van der Waals surface area contributed by atoms with E-state index in [9.17, 15) is 4.79 Å². The van der Waals surface area contributed by atoms with Crippen molar-refractivity contribution in [2.75, 3.05) is 6.61 Å². The molecule has 0 saturated carbocycles. The van der Waals surface area contributed by atoms with Gasteiger partial charge in [-0.05, 0) is 0 Å². The van der Waals surface area contributed by atoms with Crippen LogP contribution in [0.1, 0.15) is 12.6 Å². The third kappa shape index (κ3) is 3.25. The number of aromatic amines is 1. The molecule has 0 aromatic carbocycles. The van der Waals surface area contributed by atoms with Gasteiger partial charge in [0.25, 0.3) is 0 Å². The molecule has 5 heteroatoms. The van der Waals surface area contributed by atoms with Gasteiger partial charge in [0.15, 0.2) is 0 Å². The fourth-order valence-electron chi connectivity index (χ4n) is 1.11. The van der Waals surface area contributed by atoms with Crippen LogP contribution in [0.2, 0.25) is 0 Å². The van der Waals surface area contributed by atoms with Crippen molar-refractivity contribution in [3.63, 3.8) is 0 Å². The van der Waals surface area contributed by atoms with E-state index in [1.54, 1.807) is 12.5 Å². The minimum atomic E-state index is -0.238. The van der Waals surface area contributed by atoms with E-state index in [1.165, 1.54) is 6.92 Å². The first-order valence-corrected chi connectivity index (χ1v) is 4.07. The molecule has 0 fully saturated rings. The normalized spacial score (nSPS) is 12.5. The molecule has 0 aliphatic carbocycles. The summed E-state index contributed by atoms with van der Waals surface area (Å²) in [5.41, 5.74) is 0.896. The highest BCUT2D eigenvalue weighted by molar-refractivity contribution is 5.73. The van der Waals surface area contributed by atoms with Crippen LogP contribution in [0.15, 0.2) is 12.5 Å². The van der Waals surface area contributed by atoms with Crippen molar-refractivity contribution < 1.29 is 9.90 Å². The Morgan fingerprint density at radius 3 is 3.08 bits per heavy atom. The average molecular weight is 183 g/mol. The fourth-order valence-corrected chi connectivity index (χ4v) is 1.11. The zero-order valence-corrected chi connectivity index (χ0v) is 7.45. The monoisotopic (exact) mass is 183 g/mol. The SMILES string of the molecule is CC(=O)NC(CO)Cc1cnc[nH]1. The molecule has 0 aliphatic heterocycles. The lowest BCUT2D eigenvalue weighted by atomic mass is 10.2. The Bertz CT molecular complexity index is 258. The summed E-state index contributed by atoms with van der Waals surface area (Å²) in [5, 5.41) is 11.6. The highest BCUT2D eigenvalue weighted by Gasteiger charge is 2.09. The fraction of sp³-hybridized carbons (Fsp3) is 0.500. The quantitative estimate of drug-likeness (QED) is 0.586. The van der Waals surface area contributed by atoms with Crippen molar-refractivity contribution in [1.82, 2.24) is 15.3 Å². The predicted octanol–water partition coefficient (Wildman–Crippen LogP) is -0.551. The van der Waals surface area contributed by atoms with Crippen molar-refractivity contribution in [1.29, 1.82) is 0 Å². The largest absolute Gasteiger partial charge is 0.394 e. The Hall–Kier alpha value is -1.36. The van der Waals surface area contributed by atoms with Gasteiger partial charge in [-0.3, -0.25) is 4.79 Å². The molecule has 1 unspecified atom stereocenters. The maximum Gasteiger partial charge on any atom is 0.217 e. The number of nitrogens with zero attached hydrogens (tertiary/aromatic N) is 1. The minimum Gasteiger partial charge on any atom is -0.394 e. The van der Waals surface area contributed by atoms with Crippen LogP contribution in [-0.4, -0.2) is 33.6 Å². The first-order valence-electron chi connectivity index (χ1n) is 4.07. The van der Waals surface area contributed by atoms with Crippen LogP contribution in [0.5, 0.6) is 0 Å². The molecule has 13 heavy (non-hydrogen) atoms. The Morgan fingerprint density at radius 2 is 2.62 bits per heavy atom. The van der Waals surface area contributed by atoms with Gasteiger partial charge in [0.05, 0.1) is 19.0 Å². The zero-order valence-electron chi connectivity index (χ0n) is 7.45. The van der Waals surface area contributed by atoms with Gasteiger partial charge in [-0.1, -0.05) is 0 Å². The number of amides is 1. The number of aromatic nitrogens is 2. The van der Waals surface area contributed by atoms with Crippen LogP contribution in [0.25, 0.3) is 0 Å². The lowest BCUT2D eigenvalue weighted by Gasteiger charge is -2.13. The van der Waals surface area contributed by atoms with Gasteiger partial charge >= 0.3 is 0 Å². The van der Waals surface area contributed by atoms with Gasteiger partial charge in [0, 0.05) is 25.2 Å². The number of hydrogen-bond donors (Lipinski definition) is 3. The lowest BCUT2D eigenvalue weighted by molar-refractivity contribution is -0.119. The van der Waals surface area contributed by atoms with E-state index in [0.29, 0.717) is 6.42 Å². The number of nitrogens with one attached hydrogen (secondary N) is 2. The van der Waals surface area contributed by atoms with Gasteiger partial charge in [0.1, 0.15) is 0 Å². The summed E-state index contributed by atoms with van der Waals surface area (Å²) in [6, 6.07) is -0.238. The maximum absolute atomic E-state index is 10.7. The van der Waals surface area contributed by atoms with Crippen LogP contribution in [-0.2, 0) is 11.2 Å². The summed E-state index contributed by atoms with van der Waals surface area (Å²) in [7, 11) is 0. The van der Waals surface area contributed by atoms with E-state index in [4.69, 9.17) is 5.11 Å². The first kappa shape index (κ1) is 9.73. The number of hydrogen-bond acceptors (Lipinski definition) is 3. The smallest absolute Gasteiger partial charge is 0.217 e.